The summed E-state index contributed by atoms with van der Waals surface area (Å²) in [5, 5.41) is 3.68. The molecule has 2 atom stereocenters. The predicted molar refractivity (Wildman–Crippen MR) is 75.9 cm³/mol. The van der Waals surface area contributed by atoms with Gasteiger partial charge < -0.3 is 9.88 Å². The van der Waals surface area contributed by atoms with E-state index in [9.17, 15) is 0 Å². The number of nitrogens with zero attached hydrogens (tertiary/aromatic N) is 2. The minimum atomic E-state index is 0.505. The molecule has 1 heterocycles. The fourth-order valence-corrected chi connectivity index (χ4v) is 3.17. The Morgan fingerprint density at radius 1 is 1.33 bits per heavy atom. The third kappa shape index (κ3) is 2.94. The maximum atomic E-state index is 4.55. The van der Waals surface area contributed by atoms with Gasteiger partial charge in [0.15, 0.2) is 0 Å². The average molecular weight is 249 g/mol. The minimum Gasteiger partial charge on any atom is -0.330 e. The molecule has 0 saturated heterocycles. The van der Waals surface area contributed by atoms with E-state index in [0.29, 0.717) is 18.0 Å². The molecule has 1 aromatic heterocycles. The lowest BCUT2D eigenvalue weighted by Gasteiger charge is -2.29. The number of nitrogens with one attached hydrogen (secondary N) is 1. The topological polar surface area (TPSA) is 29.9 Å². The molecule has 0 spiro atoms. The van der Waals surface area contributed by atoms with Crippen molar-refractivity contribution in [3.8, 4) is 0 Å². The van der Waals surface area contributed by atoms with E-state index in [1.165, 1.54) is 37.9 Å². The molecule has 3 heteroatoms. The third-order valence-electron chi connectivity index (χ3n) is 4.02. The molecule has 1 saturated carbocycles. The van der Waals surface area contributed by atoms with Crippen molar-refractivity contribution in [3.05, 3.63) is 18.2 Å². The first-order valence-electron chi connectivity index (χ1n) is 7.50. The van der Waals surface area contributed by atoms with E-state index < -0.39 is 0 Å². The average Bonchev–Trinajstić information content (AvgIpc) is 2.72. The van der Waals surface area contributed by atoms with Crippen LogP contribution in [-0.2, 0) is 0 Å². The van der Waals surface area contributed by atoms with Crippen LogP contribution < -0.4 is 5.32 Å². The molecule has 0 aliphatic heterocycles. The van der Waals surface area contributed by atoms with E-state index in [4.69, 9.17) is 0 Å². The van der Waals surface area contributed by atoms with E-state index in [-0.39, 0.29) is 0 Å². The van der Waals surface area contributed by atoms with Gasteiger partial charge in [-0.3, -0.25) is 0 Å². The van der Waals surface area contributed by atoms with Gasteiger partial charge in [-0.1, -0.05) is 40.0 Å². The Bertz CT molecular complexity index is 356. The van der Waals surface area contributed by atoms with E-state index in [1.807, 2.05) is 6.20 Å². The molecule has 2 unspecified atom stereocenters. The van der Waals surface area contributed by atoms with Crippen molar-refractivity contribution in [1.29, 1.82) is 0 Å². The first kappa shape index (κ1) is 13.6. The highest BCUT2D eigenvalue weighted by atomic mass is 15.1. The molecular formula is C15H27N3. The highest BCUT2D eigenvalue weighted by Gasteiger charge is 2.26. The van der Waals surface area contributed by atoms with Gasteiger partial charge in [0, 0.05) is 24.4 Å². The number of rotatable bonds is 4. The molecule has 102 valence electrons. The van der Waals surface area contributed by atoms with E-state index in [0.717, 1.165) is 6.54 Å². The summed E-state index contributed by atoms with van der Waals surface area (Å²) in [7, 11) is 0. The maximum absolute atomic E-state index is 4.55. The molecule has 3 nitrogen and oxygen atoms in total. The number of likely N-dealkylation sites (N-methyl/N-ethyl adjacent to an activating group) is 1. The van der Waals surface area contributed by atoms with Gasteiger partial charge >= 0.3 is 0 Å². The lowest BCUT2D eigenvalue weighted by atomic mass is 10.0. The van der Waals surface area contributed by atoms with Crippen LogP contribution in [0.3, 0.4) is 0 Å². The van der Waals surface area contributed by atoms with Crippen LogP contribution in [0.25, 0.3) is 0 Å². The Labute approximate surface area is 111 Å². The molecule has 1 aromatic rings. The second kappa shape index (κ2) is 6.37. The summed E-state index contributed by atoms with van der Waals surface area (Å²) in [5.41, 5.74) is 0. The van der Waals surface area contributed by atoms with Crippen molar-refractivity contribution < 1.29 is 0 Å². The summed E-state index contributed by atoms with van der Waals surface area (Å²) in [6.45, 7) is 7.74. The number of hydrogen-bond donors (Lipinski definition) is 1. The van der Waals surface area contributed by atoms with Crippen LogP contribution in [0.2, 0.25) is 0 Å². The SMILES string of the molecule is CCNC1CCCCCC1n1ccnc1C(C)C. The summed E-state index contributed by atoms with van der Waals surface area (Å²) in [6.07, 6.45) is 10.8. The molecular weight excluding hydrogens is 222 g/mol. The molecule has 2 rings (SSSR count). The van der Waals surface area contributed by atoms with Crippen LogP contribution in [-0.4, -0.2) is 22.1 Å². The quantitative estimate of drug-likeness (QED) is 0.828. The normalized spacial score (nSPS) is 25.3. The molecule has 18 heavy (non-hydrogen) atoms. The largest absolute Gasteiger partial charge is 0.330 e. The van der Waals surface area contributed by atoms with Crippen LogP contribution in [0, 0.1) is 0 Å². The van der Waals surface area contributed by atoms with Gasteiger partial charge in [-0.15, -0.1) is 0 Å². The molecule has 1 fully saturated rings. The molecule has 0 bridgehead atoms. The van der Waals surface area contributed by atoms with Crippen molar-refractivity contribution in [2.45, 2.75) is 70.9 Å². The van der Waals surface area contributed by atoms with Crippen LogP contribution in [0.15, 0.2) is 12.4 Å². The zero-order chi connectivity index (χ0) is 13.0. The van der Waals surface area contributed by atoms with Crippen molar-refractivity contribution in [3.63, 3.8) is 0 Å². The fraction of sp³-hybridized carbons (Fsp3) is 0.800. The maximum Gasteiger partial charge on any atom is 0.111 e. The summed E-state index contributed by atoms with van der Waals surface area (Å²) in [4.78, 5) is 4.55. The van der Waals surface area contributed by atoms with Gasteiger partial charge in [0.1, 0.15) is 5.82 Å². The van der Waals surface area contributed by atoms with Gasteiger partial charge in [-0.05, 0) is 19.4 Å². The second-order valence-corrected chi connectivity index (χ2v) is 5.72. The van der Waals surface area contributed by atoms with Crippen molar-refractivity contribution in [2.75, 3.05) is 6.54 Å². The first-order valence-corrected chi connectivity index (χ1v) is 7.50. The lowest BCUT2D eigenvalue weighted by molar-refractivity contribution is 0.326. The Kier molecular flexibility index (Phi) is 4.81. The monoisotopic (exact) mass is 249 g/mol. The Balaban J connectivity index is 2.23. The zero-order valence-electron chi connectivity index (χ0n) is 12.0. The van der Waals surface area contributed by atoms with Crippen LogP contribution in [0.1, 0.15) is 70.7 Å². The number of imidazole rings is 1. The number of hydrogen-bond acceptors (Lipinski definition) is 2. The highest BCUT2D eigenvalue weighted by molar-refractivity contribution is 5.02. The van der Waals surface area contributed by atoms with Crippen LogP contribution >= 0.6 is 0 Å². The molecule has 0 radical (unpaired) electrons. The van der Waals surface area contributed by atoms with Crippen molar-refractivity contribution in [2.24, 2.45) is 0 Å². The Hall–Kier alpha value is -0.830. The Morgan fingerprint density at radius 3 is 2.83 bits per heavy atom. The fourth-order valence-electron chi connectivity index (χ4n) is 3.17. The number of aromatic nitrogens is 2. The zero-order valence-corrected chi connectivity index (χ0v) is 12.0. The lowest BCUT2D eigenvalue weighted by Crippen LogP contribution is -2.37. The van der Waals surface area contributed by atoms with Crippen molar-refractivity contribution >= 4 is 0 Å². The summed E-state index contributed by atoms with van der Waals surface area (Å²) in [6, 6.07) is 1.21. The summed E-state index contributed by atoms with van der Waals surface area (Å²) >= 11 is 0. The van der Waals surface area contributed by atoms with Gasteiger partial charge in [0.25, 0.3) is 0 Å². The smallest absolute Gasteiger partial charge is 0.111 e. The molecule has 0 amide bonds. The predicted octanol–water partition coefficient (Wildman–Crippen LogP) is 3.49. The first-order chi connectivity index (χ1) is 8.74. The second-order valence-electron chi connectivity index (χ2n) is 5.72. The van der Waals surface area contributed by atoms with Gasteiger partial charge in [-0.25, -0.2) is 4.98 Å². The van der Waals surface area contributed by atoms with Crippen LogP contribution in [0.4, 0.5) is 0 Å². The van der Waals surface area contributed by atoms with E-state index in [1.54, 1.807) is 0 Å². The Morgan fingerprint density at radius 2 is 2.11 bits per heavy atom. The van der Waals surface area contributed by atoms with Crippen LogP contribution in [0.5, 0.6) is 0 Å². The van der Waals surface area contributed by atoms with Gasteiger partial charge in [-0.2, -0.15) is 0 Å². The minimum absolute atomic E-state index is 0.505. The molecule has 1 N–H and O–H groups in total. The van der Waals surface area contributed by atoms with Gasteiger partial charge in [0.2, 0.25) is 0 Å². The third-order valence-corrected chi connectivity index (χ3v) is 4.02. The summed E-state index contributed by atoms with van der Waals surface area (Å²) < 4.78 is 2.43. The molecule has 0 aromatic carbocycles. The van der Waals surface area contributed by atoms with Gasteiger partial charge in [0.05, 0.1) is 6.04 Å². The van der Waals surface area contributed by atoms with E-state index >= 15 is 0 Å². The molecule has 1 aliphatic rings. The van der Waals surface area contributed by atoms with Crippen molar-refractivity contribution in [1.82, 2.24) is 14.9 Å². The standard InChI is InChI=1S/C15H27N3/c1-4-16-13-8-6-5-7-9-14(13)18-11-10-17-15(18)12(2)3/h10-14,16H,4-9H2,1-3H3. The summed E-state index contributed by atoms with van der Waals surface area (Å²) in [5.74, 6) is 1.75. The van der Waals surface area contributed by atoms with E-state index in [2.05, 4.69) is 41.8 Å². The molecule has 1 aliphatic carbocycles. The highest BCUT2D eigenvalue weighted by Crippen LogP contribution is 2.30.